The first-order valence-electron chi connectivity index (χ1n) is 5.12. The Bertz CT molecular complexity index is 333. The van der Waals surface area contributed by atoms with Crippen LogP contribution in [0.5, 0.6) is 5.75 Å². The molecule has 0 amide bonds. The molecule has 2 unspecified atom stereocenters. The van der Waals surface area contributed by atoms with E-state index in [4.69, 9.17) is 5.11 Å². The third-order valence-electron chi connectivity index (χ3n) is 3.25. The molecule has 1 aliphatic rings. The fourth-order valence-electron chi connectivity index (χ4n) is 2.19. The Balaban J connectivity index is 2.17. The van der Waals surface area contributed by atoms with Crippen LogP contribution in [0.3, 0.4) is 0 Å². The molecule has 2 nitrogen and oxygen atoms in total. The second kappa shape index (κ2) is 3.62. The summed E-state index contributed by atoms with van der Waals surface area (Å²) in [6.45, 7) is 2.33. The van der Waals surface area contributed by atoms with Crippen molar-refractivity contribution in [2.75, 3.05) is 6.61 Å². The van der Waals surface area contributed by atoms with Crippen molar-refractivity contribution in [3.8, 4) is 5.75 Å². The average Bonchev–Trinajstić information content (AvgIpc) is 2.59. The van der Waals surface area contributed by atoms with E-state index < -0.39 is 0 Å². The molecule has 0 spiro atoms. The Morgan fingerprint density at radius 2 is 2.07 bits per heavy atom. The normalized spacial score (nSPS) is 22.0. The van der Waals surface area contributed by atoms with Crippen molar-refractivity contribution in [3.63, 3.8) is 0 Å². The van der Waals surface area contributed by atoms with Crippen LogP contribution >= 0.6 is 0 Å². The Morgan fingerprint density at radius 3 is 2.79 bits per heavy atom. The highest BCUT2D eigenvalue weighted by molar-refractivity contribution is 5.38. The summed E-state index contributed by atoms with van der Waals surface area (Å²) in [6, 6.07) is 5.58. The number of phenolic OH excluding ortho intramolecular Hbond substituents is 1. The number of hydrogen-bond acceptors (Lipinski definition) is 2. The minimum atomic E-state index is 0.255. The molecule has 2 atom stereocenters. The third-order valence-corrected chi connectivity index (χ3v) is 3.25. The van der Waals surface area contributed by atoms with Gasteiger partial charge in [0.25, 0.3) is 0 Å². The lowest BCUT2D eigenvalue weighted by Gasteiger charge is -2.15. The van der Waals surface area contributed by atoms with Crippen LogP contribution in [0.4, 0.5) is 0 Å². The summed E-state index contributed by atoms with van der Waals surface area (Å²) in [5.74, 6) is 1.24. The fraction of sp³-hybridized carbons (Fsp3) is 0.500. The lowest BCUT2D eigenvalue weighted by Crippen LogP contribution is -2.15. The molecule has 1 aromatic rings. The van der Waals surface area contributed by atoms with Gasteiger partial charge in [-0.05, 0) is 47.9 Å². The maximum atomic E-state index is 9.33. The molecule has 2 heteroatoms. The maximum absolute atomic E-state index is 9.33. The number of aliphatic hydroxyl groups excluding tert-OH is 1. The van der Waals surface area contributed by atoms with Crippen molar-refractivity contribution in [1.82, 2.24) is 0 Å². The summed E-state index contributed by atoms with van der Waals surface area (Å²) >= 11 is 0. The van der Waals surface area contributed by atoms with Crippen molar-refractivity contribution in [1.29, 1.82) is 0 Å². The number of phenols is 1. The molecule has 0 aromatic heterocycles. The number of aromatic hydroxyl groups is 1. The Labute approximate surface area is 84.2 Å². The number of benzene rings is 1. The van der Waals surface area contributed by atoms with Crippen LogP contribution in [-0.2, 0) is 12.8 Å². The van der Waals surface area contributed by atoms with Crippen LogP contribution in [0.2, 0.25) is 0 Å². The van der Waals surface area contributed by atoms with Crippen LogP contribution in [0.15, 0.2) is 18.2 Å². The highest BCUT2D eigenvalue weighted by Crippen LogP contribution is 2.33. The quantitative estimate of drug-likeness (QED) is 0.749. The van der Waals surface area contributed by atoms with Gasteiger partial charge in [-0.15, -0.1) is 0 Å². The molecule has 0 fully saturated rings. The van der Waals surface area contributed by atoms with E-state index in [0.717, 1.165) is 12.8 Å². The van der Waals surface area contributed by atoms with Gasteiger partial charge in [0.15, 0.2) is 0 Å². The van der Waals surface area contributed by atoms with Gasteiger partial charge in [0.2, 0.25) is 0 Å². The second-order valence-electron chi connectivity index (χ2n) is 4.28. The molecule has 1 aromatic carbocycles. The highest BCUT2D eigenvalue weighted by Gasteiger charge is 2.25. The van der Waals surface area contributed by atoms with Gasteiger partial charge < -0.3 is 10.2 Å². The molecule has 1 aliphatic carbocycles. The summed E-state index contributed by atoms with van der Waals surface area (Å²) in [5.41, 5.74) is 2.57. The summed E-state index contributed by atoms with van der Waals surface area (Å²) in [4.78, 5) is 0. The van der Waals surface area contributed by atoms with Crippen LogP contribution < -0.4 is 0 Å². The molecule has 0 heterocycles. The van der Waals surface area contributed by atoms with Crippen molar-refractivity contribution in [3.05, 3.63) is 29.3 Å². The molecule has 2 N–H and O–H groups in total. The van der Waals surface area contributed by atoms with E-state index in [1.165, 1.54) is 11.1 Å². The van der Waals surface area contributed by atoms with Gasteiger partial charge in [-0.1, -0.05) is 13.0 Å². The summed E-state index contributed by atoms with van der Waals surface area (Å²) < 4.78 is 0. The molecule has 0 radical (unpaired) electrons. The largest absolute Gasteiger partial charge is 0.508 e. The van der Waals surface area contributed by atoms with Crippen molar-refractivity contribution in [2.24, 2.45) is 11.8 Å². The molecular formula is C12H16O2. The Hall–Kier alpha value is -1.02. The van der Waals surface area contributed by atoms with E-state index in [9.17, 15) is 5.11 Å². The number of rotatable bonds is 2. The van der Waals surface area contributed by atoms with Crippen molar-refractivity contribution < 1.29 is 10.2 Å². The van der Waals surface area contributed by atoms with Gasteiger partial charge in [0, 0.05) is 6.61 Å². The van der Waals surface area contributed by atoms with E-state index in [1.54, 1.807) is 6.07 Å². The van der Waals surface area contributed by atoms with Crippen LogP contribution in [-0.4, -0.2) is 16.8 Å². The predicted molar refractivity (Wildman–Crippen MR) is 55.3 cm³/mol. The molecule has 0 aliphatic heterocycles. The van der Waals surface area contributed by atoms with E-state index in [2.05, 4.69) is 6.92 Å². The van der Waals surface area contributed by atoms with Crippen molar-refractivity contribution in [2.45, 2.75) is 19.8 Å². The zero-order valence-electron chi connectivity index (χ0n) is 8.40. The zero-order chi connectivity index (χ0) is 10.1. The smallest absolute Gasteiger partial charge is 0.115 e. The average molecular weight is 192 g/mol. The van der Waals surface area contributed by atoms with Crippen LogP contribution in [0.25, 0.3) is 0 Å². The Kier molecular flexibility index (Phi) is 2.46. The van der Waals surface area contributed by atoms with Crippen molar-refractivity contribution >= 4 is 0 Å². The van der Waals surface area contributed by atoms with Gasteiger partial charge in [-0.25, -0.2) is 0 Å². The summed E-state index contributed by atoms with van der Waals surface area (Å²) in [5, 5.41) is 18.4. The highest BCUT2D eigenvalue weighted by atomic mass is 16.3. The van der Waals surface area contributed by atoms with Crippen LogP contribution in [0.1, 0.15) is 18.1 Å². The SMILES string of the molecule is CC(CO)C1Cc2ccc(O)cc2C1. The molecule has 76 valence electrons. The zero-order valence-corrected chi connectivity index (χ0v) is 8.40. The Morgan fingerprint density at radius 1 is 1.36 bits per heavy atom. The maximum Gasteiger partial charge on any atom is 0.115 e. The molecule has 2 rings (SSSR count). The van der Waals surface area contributed by atoms with E-state index in [1.807, 2.05) is 12.1 Å². The third kappa shape index (κ3) is 1.62. The summed E-state index contributed by atoms with van der Waals surface area (Å²) in [6.07, 6.45) is 2.03. The monoisotopic (exact) mass is 192 g/mol. The predicted octanol–water partition coefficient (Wildman–Crippen LogP) is 1.74. The topological polar surface area (TPSA) is 40.5 Å². The first kappa shape index (κ1) is 9.53. The molecule has 0 saturated heterocycles. The molecule has 0 saturated carbocycles. The van der Waals surface area contributed by atoms with Gasteiger partial charge in [-0.3, -0.25) is 0 Å². The van der Waals surface area contributed by atoms with Gasteiger partial charge in [0.05, 0.1) is 0 Å². The van der Waals surface area contributed by atoms with Gasteiger partial charge in [-0.2, -0.15) is 0 Å². The molecular weight excluding hydrogens is 176 g/mol. The van der Waals surface area contributed by atoms with Gasteiger partial charge >= 0.3 is 0 Å². The summed E-state index contributed by atoms with van der Waals surface area (Å²) in [7, 11) is 0. The lowest BCUT2D eigenvalue weighted by molar-refractivity contribution is 0.192. The fourth-order valence-corrected chi connectivity index (χ4v) is 2.19. The molecule has 0 bridgehead atoms. The van der Waals surface area contributed by atoms with Gasteiger partial charge in [0.1, 0.15) is 5.75 Å². The van der Waals surface area contributed by atoms with Crippen LogP contribution in [0, 0.1) is 11.8 Å². The molecule has 14 heavy (non-hydrogen) atoms. The number of aliphatic hydroxyl groups is 1. The second-order valence-corrected chi connectivity index (χ2v) is 4.28. The minimum absolute atomic E-state index is 0.255. The van der Waals surface area contributed by atoms with E-state index in [0.29, 0.717) is 17.6 Å². The van der Waals surface area contributed by atoms with E-state index in [-0.39, 0.29) is 6.61 Å². The standard InChI is InChI=1S/C12H16O2/c1-8(7-13)10-4-9-2-3-12(14)6-11(9)5-10/h2-3,6,8,10,13-14H,4-5,7H2,1H3. The number of fused-ring (bicyclic) bond motifs is 1. The first-order valence-corrected chi connectivity index (χ1v) is 5.12. The lowest BCUT2D eigenvalue weighted by atomic mass is 9.92. The van der Waals surface area contributed by atoms with E-state index >= 15 is 0 Å². The number of hydrogen-bond donors (Lipinski definition) is 2. The minimum Gasteiger partial charge on any atom is -0.508 e. The first-order chi connectivity index (χ1) is 6.70.